The second kappa shape index (κ2) is 16.8. The molecule has 1 rings (SSSR count). The number of aromatic hydroxyl groups is 1. The topological polar surface area (TPSA) is 144 Å². The lowest BCUT2D eigenvalue weighted by Crippen LogP contribution is -2.50. The van der Waals surface area contributed by atoms with E-state index < -0.39 is 24.0 Å². The maximum Gasteiger partial charge on any atom is 0.327 e. The Balaban J connectivity index is -0.000000817. The second-order valence-electron chi connectivity index (χ2n) is 4.06. The number of thiol groups is 3. The Morgan fingerprint density at radius 2 is 1.62 bits per heavy atom. The van der Waals surface area contributed by atoms with Gasteiger partial charge in [-0.25, -0.2) is 4.79 Å². The van der Waals surface area contributed by atoms with Crippen molar-refractivity contribution in [3.8, 4) is 5.75 Å². The molecule has 1 amide bonds. The number of nitrogens with two attached hydrogens (primary N) is 1. The van der Waals surface area contributed by atoms with Crippen LogP contribution in [0.3, 0.4) is 0 Å². The molecule has 2 atom stereocenters. The summed E-state index contributed by atoms with van der Waals surface area (Å²) in [5, 5.41) is 20.2. The van der Waals surface area contributed by atoms with Crippen molar-refractivity contribution in [3.63, 3.8) is 0 Å². The Morgan fingerprint density at radius 1 is 1.17 bits per heavy atom. The van der Waals surface area contributed by atoms with E-state index >= 15 is 0 Å². The number of rotatable bonds is 6. The van der Waals surface area contributed by atoms with Crippen molar-refractivity contribution in [1.82, 2.24) is 5.32 Å². The fourth-order valence-corrected chi connectivity index (χ4v) is 1.69. The summed E-state index contributed by atoms with van der Waals surface area (Å²) in [4.78, 5) is 22.5. The van der Waals surface area contributed by atoms with Crippen LogP contribution >= 0.6 is 37.9 Å². The summed E-state index contributed by atoms with van der Waals surface area (Å²) in [6.45, 7) is 0. The molecule has 0 unspecified atom stereocenters. The number of carbonyl (C=O) groups is 2. The van der Waals surface area contributed by atoms with Gasteiger partial charge in [-0.15, -0.1) is 0 Å². The van der Waals surface area contributed by atoms with E-state index in [9.17, 15) is 9.59 Å². The van der Waals surface area contributed by atoms with Crippen molar-refractivity contribution in [2.24, 2.45) is 5.73 Å². The number of carboxylic acids is 1. The lowest BCUT2D eigenvalue weighted by molar-refractivity contribution is -0.141. The first-order valence-corrected chi connectivity index (χ1v) is 8.93. The number of carboxylic acid groups (broad SMARTS) is 1. The third-order valence-electron chi connectivity index (χ3n) is 2.53. The number of hydrogen-bond acceptors (Lipinski definition) is 7. The summed E-state index contributed by atoms with van der Waals surface area (Å²) in [6.07, 6.45) is 3.64. The van der Waals surface area contributed by atoms with E-state index in [-0.39, 0.29) is 23.4 Å². The molecule has 0 aromatic heterocycles. The highest BCUT2D eigenvalue weighted by Gasteiger charge is 2.22. The minimum atomic E-state index is -1.15. The maximum absolute atomic E-state index is 11.7. The molecule has 0 aliphatic carbocycles. The molecular formula is C14H26N2O5S3. The van der Waals surface area contributed by atoms with E-state index in [1.165, 1.54) is 12.1 Å². The predicted molar refractivity (Wildman–Crippen MR) is 107 cm³/mol. The summed E-state index contributed by atoms with van der Waals surface area (Å²) < 4.78 is 0. The Morgan fingerprint density at radius 3 is 2.00 bits per heavy atom. The van der Waals surface area contributed by atoms with Gasteiger partial charge in [0.15, 0.2) is 0 Å². The first-order valence-electron chi connectivity index (χ1n) is 6.51. The van der Waals surface area contributed by atoms with Crippen LogP contribution in [-0.4, -0.2) is 57.9 Å². The molecule has 1 aromatic carbocycles. The number of phenolic OH excluding ortho intramolecular Hbond substituents is 1. The van der Waals surface area contributed by atoms with E-state index in [1.54, 1.807) is 24.6 Å². The second-order valence-corrected chi connectivity index (χ2v) is 4.42. The molecule has 0 spiro atoms. The van der Waals surface area contributed by atoms with Crippen LogP contribution in [0.1, 0.15) is 5.56 Å². The van der Waals surface area contributed by atoms with Crippen molar-refractivity contribution >= 4 is 49.8 Å². The van der Waals surface area contributed by atoms with Crippen LogP contribution in [-0.2, 0) is 16.0 Å². The predicted octanol–water partition coefficient (Wildman–Crippen LogP) is 0.0285. The normalized spacial score (nSPS) is 11.2. The van der Waals surface area contributed by atoms with Crippen LogP contribution in [0.25, 0.3) is 0 Å². The molecule has 0 saturated carbocycles. The smallest absolute Gasteiger partial charge is 0.327 e. The summed E-state index contributed by atoms with van der Waals surface area (Å²) in [7, 11) is 0. The molecule has 0 bridgehead atoms. The van der Waals surface area contributed by atoms with Gasteiger partial charge in [0.25, 0.3) is 0 Å². The van der Waals surface area contributed by atoms with Gasteiger partial charge >= 0.3 is 5.97 Å². The minimum absolute atomic E-state index is 0. The van der Waals surface area contributed by atoms with Gasteiger partial charge in [-0.2, -0.15) is 37.9 Å². The van der Waals surface area contributed by atoms with Gasteiger partial charge in [0.1, 0.15) is 11.8 Å². The molecule has 0 aliphatic rings. The molecule has 0 fully saturated rings. The van der Waals surface area contributed by atoms with E-state index in [2.05, 4.69) is 43.2 Å². The Bertz CT molecular complexity index is 460. The number of benzene rings is 1. The first kappa shape index (κ1) is 27.8. The molecule has 0 radical (unpaired) electrons. The molecule has 7 nitrogen and oxygen atoms in total. The Kier molecular flexibility index (Phi) is 19.4. The lowest BCUT2D eigenvalue weighted by atomic mass is 10.1. The Hall–Kier alpha value is -1.07. The van der Waals surface area contributed by atoms with Crippen LogP contribution in [0.5, 0.6) is 5.75 Å². The summed E-state index contributed by atoms with van der Waals surface area (Å²) >= 11 is 10.9. The monoisotopic (exact) mass is 398 g/mol. The average molecular weight is 399 g/mol. The largest absolute Gasteiger partial charge is 0.508 e. The quantitative estimate of drug-likeness (QED) is 0.338. The van der Waals surface area contributed by atoms with Crippen molar-refractivity contribution in [2.75, 3.05) is 18.3 Å². The van der Waals surface area contributed by atoms with E-state index in [4.69, 9.17) is 15.9 Å². The van der Waals surface area contributed by atoms with E-state index in [1.807, 2.05) is 0 Å². The van der Waals surface area contributed by atoms with Gasteiger partial charge in [0, 0.05) is 5.75 Å². The third kappa shape index (κ3) is 11.5. The highest BCUT2D eigenvalue weighted by atomic mass is 32.1. The average Bonchev–Trinajstić information content (AvgIpc) is 2.57. The van der Waals surface area contributed by atoms with Crippen LogP contribution in [0.4, 0.5) is 0 Å². The zero-order valence-corrected chi connectivity index (χ0v) is 16.2. The molecule has 1 aromatic rings. The van der Waals surface area contributed by atoms with Gasteiger partial charge < -0.3 is 26.7 Å². The standard InChI is InChI=1S/C12H16N2O4S.2CH4S.H2O/c13-9(5-7-1-3-8(15)4-2-7)11(16)14-10(6-19)12(17)18;2*1-2;/h1-4,9-10,15,19H,5-6,13H2,(H,14,16)(H,17,18);2*2H,1H3;1H2/t9-,10-;;;/m0.../s1. The van der Waals surface area contributed by atoms with Gasteiger partial charge in [-0.1, -0.05) is 12.1 Å². The minimum Gasteiger partial charge on any atom is -0.508 e. The van der Waals surface area contributed by atoms with Crippen molar-refractivity contribution in [2.45, 2.75) is 18.5 Å². The number of hydrogen-bond donors (Lipinski definition) is 7. The number of amides is 1. The maximum atomic E-state index is 11.7. The highest BCUT2D eigenvalue weighted by Crippen LogP contribution is 2.10. The zero-order valence-electron chi connectivity index (χ0n) is 13.5. The highest BCUT2D eigenvalue weighted by molar-refractivity contribution is 7.80. The summed E-state index contributed by atoms with van der Waals surface area (Å²) in [6, 6.07) is 4.38. The van der Waals surface area contributed by atoms with Gasteiger partial charge in [-0.3, -0.25) is 4.79 Å². The zero-order chi connectivity index (χ0) is 18.4. The molecule has 140 valence electrons. The summed E-state index contributed by atoms with van der Waals surface area (Å²) in [5.41, 5.74) is 6.47. The van der Waals surface area contributed by atoms with E-state index in [0.29, 0.717) is 0 Å². The van der Waals surface area contributed by atoms with Crippen LogP contribution in [0.2, 0.25) is 0 Å². The van der Waals surface area contributed by atoms with Gasteiger partial charge in [0.2, 0.25) is 5.91 Å². The molecule has 24 heavy (non-hydrogen) atoms. The number of phenols is 1. The lowest BCUT2D eigenvalue weighted by Gasteiger charge is -2.16. The molecule has 0 aliphatic heterocycles. The third-order valence-corrected chi connectivity index (χ3v) is 2.89. The van der Waals surface area contributed by atoms with Gasteiger partial charge in [0.05, 0.1) is 6.04 Å². The summed E-state index contributed by atoms with van der Waals surface area (Å²) in [5.74, 6) is -1.58. The number of carbonyl (C=O) groups excluding carboxylic acids is 1. The SMILES string of the molecule is CS.CS.N[C@@H](Cc1ccc(O)cc1)C(=O)N[C@@H](CS)C(=O)O.O. The first-order chi connectivity index (χ1) is 10.9. The molecule has 10 heteroatoms. The van der Waals surface area contributed by atoms with Crippen molar-refractivity contribution < 1.29 is 25.3 Å². The van der Waals surface area contributed by atoms with Crippen LogP contribution < -0.4 is 11.1 Å². The number of nitrogens with one attached hydrogen (secondary N) is 1. The van der Waals surface area contributed by atoms with Crippen LogP contribution in [0.15, 0.2) is 24.3 Å². The molecule has 0 heterocycles. The molecule has 7 N–H and O–H groups in total. The van der Waals surface area contributed by atoms with Crippen molar-refractivity contribution in [1.29, 1.82) is 0 Å². The fourth-order valence-electron chi connectivity index (χ4n) is 1.44. The molecule has 0 saturated heterocycles. The Labute approximate surface area is 158 Å². The molecular weight excluding hydrogens is 372 g/mol. The van der Waals surface area contributed by atoms with Gasteiger partial charge in [-0.05, 0) is 36.6 Å². The van der Waals surface area contributed by atoms with Crippen LogP contribution in [0, 0.1) is 0 Å². The van der Waals surface area contributed by atoms with E-state index in [0.717, 1.165) is 5.56 Å². The number of aliphatic carboxylic acids is 1. The fraction of sp³-hybridized carbons (Fsp3) is 0.429. The van der Waals surface area contributed by atoms with Crippen molar-refractivity contribution in [3.05, 3.63) is 29.8 Å².